The first kappa shape index (κ1) is 16.3. The molecule has 114 valence electrons. The Bertz CT molecular complexity index is 400. The van der Waals surface area contributed by atoms with Crippen LogP contribution in [0.25, 0.3) is 0 Å². The van der Waals surface area contributed by atoms with Crippen molar-refractivity contribution in [1.82, 2.24) is 4.90 Å². The Morgan fingerprint density at radius 3 is 2.30 bits per heavy atom. The summed E-state index contributed by atoms with van der Waals surface area (Å²) in [6, 6.07) is -0.941. The van der Waals surface area contributed by atoms with Gasteiger partial charge in [-0.25, -0.2) is 9.59 Å². The van der Waals surface area contributed by atoms with E-state index < -0.39 is 29.7 Å². The minimum atomic E-state index is -1.09. The van der Waals surface area contributed by atoms with Crippen LogP contribution in [0.3, 0.4) is 0 Å². The van der Waals surface area contributed by atoms with E-state index in [-0.39, 0.29) is 25.3 Å². The van der Waals surface area contributed by atoms with Gasteiger partial charge >= 0.3 is 18.0 Å². The second-order valence-corrected chi connectivity index (χ2v) is 6.02. The van der Waals surface area contributed by atoms with Gasteiger partial charge in [-0.05, 0) is 39.5 Å². The average molecular weight is 287 g/mol. The summed E-state index contributed by atoms with van der Waals surface area (Å²) in [4.78, 5) is 34.9. The number of carbonyl (C=O) groups excluding carboxylic acids is 1. The van der Waals surface area contributed by atoms with Crippen LogP contribution in [-0.2, 0) is 14.3 Å². The van der Waals surface area contributed by atoms with Crippen LogP contribution in [0.15, 0.2) is 0 Å². The van der Waals surface area contributed by atoms with E-state index in [0.717, 1.165) is 0 Å². The molecule has 0 bridgehead atoms. The zero-order chi connectivity index (χ0) is 15.5. The largest absolute Gasteiger partial charge is 0.481 e. The Morgan fingerprint density at radius 2 is 1.85 bits per heavy atom. The van der Waals surface area contributed by atoms with E-state index in [0.29, 0.717) is 6.42 Å². The van der Waals surface area contributed by atoms with Crippen molar-refractivity contribution in [1.29, 1.82) is 0 Å². The smallest absolute Gasteiger partial charge is 0.411 e. The summed E-state index contributed by atoms with van der Waals surface area (Å²) in [5.41, 5.74) is -0.695. The molecule has 0 radical (unpaired) electrons. The van der Waals surface area contributed by atoms with Crippen molar-refractivity contribution in [3.05, 3.63) is 0 Å². The molecule has 0 spiro atoms. The highest BCUT2D eigenvalue weighted by Crippen LogP contribution is 2.28. The summed E-state index contributed by atoms with van der Waals surface area (Å²) in [6.07, 6.45) is -0.0675. The lowest BCUT2D eigenvalue weighted by Gasteiger charge is -2.26. The Balaban J connectivity index is 2.70. The van der Waals surface area contributed by atoms with Gasteiger partial charge in [0.1, 0.15) is 11.6 Å². The van der Waals surface area contributed by atoms with Gasteiger partial charge < -0.3 is 14.9 Å². The molecule has 1 fully saturated rings. The van der Waals surface area contributed by atoms with Gasteiger partial charge in [0.15, 0.2) is 0 Å². The third-order valence-corrected chi connectivity index (χ3v) is 3.07. The van der Waals surface area contributed by atoms with E-state index in [1.165, 1.54) is 4.90 Å². The summed E-state index contributed by atoms with van der Waals surface area (Å²) in [7, 11) is 0. The molecule has 7 nitrogen and oxygen atoms in total. The number of ether oxygens (including phenoxy) is 1. The molecule has 1 rings (SSSR count). The molecule has 0 aromatic carbocycles. The summed E-state index contributed by atoms with van der Waals surface area (Å²) in [5.74, 6) is -2.14. The van der Waals surface area contributed by atoms with Crippen molar-refractivity contribution in [2.24, 2.45) is 5.92 Å². The highest BCUT2D eigenvalue weighted by Gasteiger charge is 2.41. The number of hydrogen-bond acceptors (Lipinski definition) is 4. The topological polar surface area (TPSA) is 104 Å². The summed E-state index contributed by atoms with van der Waals surface area (Å²) in [5, 5.41) is 17.8. The van der Waals surface area contributed by atoms with Crippen LogP contribution in [0, 0.1) is 5.92 Å². The molecule has 1 heterocycles. The summed E-state index contributed by atoms with van der Waals surface area (Å²) < 4.78 is 5.18. The van der Waals surface area contributed by atoms with Crippen molar-refractivity contribution in [2.45, 2.75) is 51.7 Å². The zero-order valence-corrected chi connectivity index (χ0v) is 12.0. The maximum Gasteiger partial charge on any atom is 0.411 e. The Hall–Kier alpha value is -1.79. The van der Waals surface area contributed by atoms with Crippen molar-refractivity contribution < 1.29 is 29.3 Å². The lowest BCUT2D eigenvalue weighted by Crippen LogP contribution is -2.43. The van der Waals surface area contributed by atoms with Crippen LogP contribution in [0.4, 0.5) is 4.79 Å². The normalized spacial score (nSPS) is 22.6. The van der Waals surface area contributed by atoms with Gasteiger partial charge in [-0.1, -0.05) is 0 Å². The molecule has 7 heteroatoms. The number of nitrogens with zero attached hydrogens (tertiary/aromatic N) is 1. The predicted octanol–water partition coefficient (Wildman–Crippen LogP) is 1.56. The quantitative estimate of drug-likeness (QED) is 0.813. The van der Waals surface area contributed by atoms with Crippen LogP contribution in [-0.4, -0.2) is 51.3 Å². The van der Waals surface area contributed by atoms with Gasteiger partial charge in [0.2, 0.25) is 0 Å². The molecule has 0 saturated carbocycles. The van der Waals surface area contributed by atoms with Gasteiger partial charge in [0.05, 0.1) is 0 Å². The second-order valence-electron chi connectivity index (χ2n) is 6.02. The molecule has 2 atom stereocenters. The first-order chi connectivity index (χ1) is 9.10. The molecular weight excluding hydrogens is 266 g/mol. The van der Waals surface area contributed by atoms with Crippen LogP contribution in [0.1, 0.15) is 40.0 Å². The van der Waals surface area contributed by atoms with Crippen LogP contribution in [0.5, 0.6) is 0 Å². The van der Waals surface area contributed by atoms with Crippen molar-refractivity contribution in [3.63, 3.8) is 0 Å². The monoisotopic (exact) mass is 287 g/mol. The van der Waals surface area contributed by atoms with Crippen molar-refractivity contribution in [3.8, 4) is 0 Å². The first-order valence-corrected chi connectivity index (χ1v) is 6.54. The lowest BCUT2D eigenvalue weighted by molar-refractivity contribution is -0.142. The van der Waals surface area contributed by atoms with Gasteiger partial charge in [0, 0.05) is 13.0 Å². The van der Waals surface area contributed by atoms with E-state index in [9.17, 15) is 14.4 Å². The van der Waals surface area contributed by atoms with Crippen molar-refractivity contribution >= 4 is 18.0 Å². The number of rotatable bonds is 4. The Kier molecular flexibility index (Phi) is 4.97. The number of likely N-dealkylation sites (tertiary alicyclic amines) is 1. The molecule has 2 N–H and O–H groups in total. The number of carbonyl (C=O) groups is 3. The van der Waals surface area contributed by atoms with E-state index in [1.807, 2.05) is 0 Å². The van der Waals surface area contributed by atoms with Gasteiger partial charge in [-0.3, -0.25) is 9.69 Å². The number of carboxylic acid groups (broad SMARTS) is 2. The predicted molar refractivity (Wildman–Crippen MR) is 69.3 cm³/mol. The minimum Gasteiger partial charge on any atom is -0.481 e. The second kappa shape index (κ2) is 6.11. The Labute approximate surface area is 117 Å². The number of amides is 1. The fourth-order valence-corrected chi connectivity index (χ4v) is 2.22. The summed E-state index contributed by atoms with van der Waals surface area (Å²) in [6.45, 7) is 5.34. The third-order valence-electron chi connectivity index (χ3n) is 3.07. The van der Waals surface area contributed by atoms with Gasteiger partial charge in [-0.2, -0.15) is 0 Å². The number of carboxylic acids is 2. The molecule has 0 aromatic rings. The number of hydrogen-bond donors (Lipinski definition) is 2. The molecule has 1 aliphatic rings. The molecule has 1 aliphatic heterocycles. The maximum atomic E-state index is 12.0. The van der Waals surface area contributed by atoms with E-state index >= 15 is 0 Å². The SMILES string of the molecule is CC(C)(C)OC(=O)N1C[C@@H](CCC(=O)O)C[C@H]1C(=O)O. The zero-order valence-electron chi connectivity index (χ0n) is 12.0. The molecule has 1 amide bonds. The highest BCUT2D eigenvalue weighted by molar-refractivity contribution is 5.81. The standard InChI is InChI=1S/C13H21NO6/c1-13(2,3)20-12(19)14-7-8(4-5-10(15)16)6-9(14)11(17)18/h8-9H,4-7H2,1-3H3,(H,15,16)(H,17,18)/t8-,9-/m0/s1. The molecule has 0 unspecified atom stereocenters. The van der Waals surface area contributed by atoms with Crippen LogP contribution in [0.2, 0.25) is 0 Å². The van der Waals surface area contributed by atoms with Crippen molar-refractivity contribution in [2.75, 3.05) is 6.54 Å². The maximum absolute atomic E-state index is 12.0. The molecule has 0 aliphatic carbocycles. The van der Waals surface area contributed by atoms with E-state index in [4.69, 9.17) is 14.9 Å². The fraction of sp³-hybridized carbons (Fsp3) is 0.769. The first-order valence-electron chi connectivity index (χ1n) is 6.54. The third kappa shape index (κ3) is 4.71. The molecule has 0 aromatic heterocycles. The number of aliphatic carboxylic acids is 2. The minimum absolute atomic E-state index is 0.0286. The van der Waals surface area contributed by atoms with Crippen LogP contribution >= 0.6 is 0 Å². The Morgan fingerprint density at radius 1 is 1.25 bits per heavy atom. The van der Waals surface area contributed by atoms with E-state index in [1.54, 1.807) is 20.8 Å². The van der Waals surface area contributed by atoms with Gasteiger partial charge in [0.25, 0.3) is 0 Å². The van der Waals surface area contributed by atoms with Crippen LogP contribution < -0.4 is 0 Å². The molecule has 1 saturated heterocycles. The van der Waals surface area contributed by atoms with Gasteiger partial charge in [-0.15, -0.1) is 0 Å². The molecule has 20 heavy (non-hydrogen) atoms. The molecular formula is C13H21NO6. The van der Waals surface area contributed by atoms with E-state index in [2.05, 4.69) is 0 Å². The summed E-state index contributed by atoms with van der Waals surface area (Å²) >= 11 is 0. The fourth-order valence-electron chi connectivity index (χ4n) is 2.22. The lowest BCUT2D eigenvalue weighted by atomic mass is 10.00. The average Bonchev–Trinajstić information content (AvgIpc) is 2.68. The highest BCUT2D eigenvalue weighted by atomic mass is 16.6.